The first-order chi connectivity index (χ1) is 14.5. The standard InChI is InChI=1S/C22H20N2O6/c25-20(15-5-2-1-3-6-15)23-16(21(26)24-10-4-7-17(24)22(27)28)11-14-8-9-18-19(12-14)30-13-29-18/h1-3,5-6,8-9,11-12,17H,4,7,10,13H2,(H,23,25)(H,27,28)/b16-11+/t17-/m1/s1. The molecule has 2 aromatic rings. The van der Waals surface area contributed by atoms with E-state index in [0.29, 0.717) is 42.0 Å². The molecule has 2 aliphatic heterocycles. The summed E-state index contributed by atoms with van der Waals surface area (Å²) in [7, 11) is 0. The number of fused-ring (bicyclic) bond motifs is 1. The van der Waals surface area contributed by atoms with Gasteiger partial charge >= 0.3 is 5.97 Å². The number of likely N-dealkylation sites (tertiary alicyclic amines) is 1. The van der Waals surface area contributed by atoms with Crippen LogP contribution in [-0.4, -0.2) is 47.2 Å². The number of amides is 2. The van der Waals surface area contributed by atoms with E-state index in [2.05, 4.69) is 5.32 Å². The Hall–Kier alpha value is -3.81. The number of carboxylic acid groups (broad SMARTS) is 1. The van der Waals surface area contributed by atoms with Crippen molar-refractivity contribution in [2.24, 2.45) is 0 Å². The monoisotopic (exact) mass is 408 g/mol. The summed E-state index contributed by atoms with van der Waals surface area (Å²) in [6.45, 7) is 0.433. The second-order valence-corrected chi connectivity index (χ2v) is 6.99. The maximum Gasteiger partial charge on any atom is 0.326 e. The zero-order chi connectivity index (χ0) is 21.1. The van der Waals surface area contributed by atoms with Crippen LogP contribution in [0.3, 0.4) is 0 Å². The van der Waals surface area contributed by atoms with E-state index in [1.165, 1.54) is 11.0 Å². The van der Waals surface area contributed by atoms with E-state index < -0.39 is 23.8 Å². The SMILES string of the molecule is O=C(N/C(=C/c1ccc2c(c1)OCO2)C(=O)N1CCC[C@@H]1C(=O)O)c1ccccc1. The summed E-state index contributed by atoms with van der Waals surface area (Å²) in [4.78, 5) is 38.7. The highest BCUT2D eigenvalue weighted by Crippen LogP contribution is 2.33. The first kappa shape index (κ1) is 19.5. The van der Waals surface area contributed by atoms with Crippen LogP contribution in [0.5, 0.6) is 11.5 Å². The van der Waals surface area contributed by atoms with Crippen molar-refractivity contribution < 1.29 is 29.0 Å². The normalized spacial score (nSPS) is 17.7. The Bertz CT molecular complexity index is 1020. The second-order valence-electron chi connectivity index (χ2n) is 6.99. The molecule has 8 heteroatoms. The third kappa shape index (κ3) is 3.98. The van der Waals surface area contributed by atoms with Crippen LogP contribution in [0.2, 0.25) is 0 Å². The predicted molar refractivity (Wildman–Crippen MR) is 107 cm³/mol. The molecule has 2 amide bonds. The average molecular weight is 408 g/mol. The Morgan fingerprint density at radius 3 is 2.60 bits per heavy atom. The van der Waals surface area contributed by atoms with Gasteiger partial charge in [-0.1, -0.05) is 24.3 Å². The minimum absolute atomic E-state index is 0.00383. The fourth-order valence-corrected chi connectivity index (χ4v) is 3.53. The van der Waals surface area contributed by atoms with Crippen LogP contribution in [0.4, 0.5) is 0 Å². The van der Waals surface area contributed by atoms with Crippen molar-refractivity contribution in [2.75, 3.05) is 13.3 Å². The lowest BCUT2D eigenvalue weighted by atomic mass is 10.1. The second kappa shape index (κ2) is 8.28. The number of nitrogens with one attached hydrogen (secondary N) is 1. The van der Waals surface area contributed by atoms with E-state index in [1.54, 1.807) is 48.5 Å². The molecule has 1 fully saturated rings. The van der Waals surface area contributed by atoms with E-state index >= 15 is 0 Å². The summed E-state index contributed by atoms with van der Waals surface area (Å²) < 4.78 is 10.7. The molecule has 0 saturated carbocycles. The fourth-order valence-electron chi connectivity index (χ4n) is 3.53. The summed E-state index contributed by atoms with van der Waals surface area (Å²) in [5.74, 6) is -0.921. The molecular weight excluding hydrogens is 388 g/mol. The van der Waals surface area contributed by atoms with Gasteiger partial charge in [0.2, 0.25) is 6.79 Å². The molecule has 2 aliphatic rings. The number of hydrogen-bond acceptors (Lipinski definition) is 5. The highest BCUT2D eigenvalue weighted by Gasteiger charge is 2.35. The van der Waals surface area contributed by atoms with Gasteiger partial charge in [-0.15, -0.1) is 0 Å². The molecule has 0 unspecified atom stereocenters. The number of benzene rings is 2. The topological polar surface area (TPSA) is 105 Å². The van der Waals surface area contributed by atoms with Crippen molar-refractivity contribution in [2.45, 2.75) is 18.9 Å². The van der Waals surface area contributed by atoms with E-state index in [9.17, 15) is 19.5 Å². The van der Waals surface area contributed by atoms with Gasteiger partial charge in [-0.25, -0.2) is 4.79 Å². The lowest BCUT2D eigenvalue weighted by Crippen LogP contribution is -2.44. The molecule has 4 rings (SSSR count). The lowest BCUT2D eigenvalue weighted by Gasteiger charge is -2.23. The molecule has 0 bridgehead atoms. The molecule has 0 aromatic heterocycles. The Balaban J connectivity index is 1.66. The highest BCUT2D eigenvalue weighted by molar-refractivity contribution is 6.06. The first-order valence-electron chi connectivity index (χ1n) is 9.54. The summed E-state index contributed by atoms with van der Waals surface area (Å²) in [6.07, 6.45) is 2.49. The molecule has 0 spiro atoms. The molecule has 8 nitrogen and oxygen atoms in total. The van der Waals surface area contributed by atoms with Crippen LogP contribution in [0.15, 0.2) is 54.2 Å². The van der Waals surface area contributed by atoms with Gasteiger partial charge in [0.1, 0.15) is 11.7 Å². The average Bonchev–Trinajstić information content (AvgIpc) is 3.42. The number of carbonyl (C=O) groups is 3. The minimum Gasteiger partial charge on any atom is -0.480 e. The van der Waals surface area contributed by atoms with Crippen molar-refractivity contribution in [1.82, 2.24) is 10.2 Å². The smallest absolute Gasteiger partial charge is 0.326 e. The summed E-state index contributed by atoms with van der Waals surface area (Å²) in [5, 5.41) is 12.1. The summed E-state index contributed by atoms with van der Waals surface area (Å²) in [6, 6.07) is 12.7. The van der Waals surface area contributed by atoms with Gasteiger partial charge in [0.25, 0.3) is 11.8 Å². The molecule has 2 aromatic carbocycles. The quantitative estimate of drug-likeness (QED) is 0.736. The van der Waals surface area contributed by atoms with E-state index in [0.717, 1.165) is 0 Å². The van der Waals surface area contributed by atoms with E-state index in [4.69, 9.17) is 9.47 Å². The minimum atomic E-state index is -1.06. The number of carbonyl (C=O) groups excluding carboxylic acids is 2. The lowest BCUT2D eigenvalue weighted by molar-refractivity contribution is -0.146. The van der Waals surface area contributed by atoms with Gasteiger partial charge in [-0.05, 0) is 48.7 Å². The zero-order valence-electron chi connectivity index (χ0n) is 16.0. The van der Waals surface area contributed by atoms with Gasteiger partial charge in [-0.3, -0.25) is 9.59 Å². The fraction of sp³-hybridized carbons (Fsp3) is 0.227. The Morgan fingerprint density at radius 2 is 1.83 bits per heavy atom. The Kier molecular flexibility index (Phi) is 5.38. The first-order valence-corrected chi connectivity index (χ1v) is 9.54. The van der Waals surface area contributed by atoms with Crippen LogP contribution in [0.1, 0.15) is 28.8 Å². The van der Waals surface area contributed by atoms with Crippen molar-refractivity contribution in [3.63, 3.8) is 0 Å². The number of hydrogen-bond donors (Lipinski definition) is 2. The maximum atomic E-state index is 13.2. The summed E-state index contributed by atoms with van der Waals surface area (Å²) >= 11 is 0. The van der Waals surface area contributed by atoms with Gasteiger partial charge in [0.15, 0.2) is 11.5 Å². The van der Waals surface area contributed by atoms with Crippen LogP contribution in [0, 0.1) is 0 Å². The summed E-state index contributed by atoms with van der Waals surface area (Å²) in [5.41, 5.74) is 0.996. The number of nitrogens with zero attached hydrogens (tertiary/aromatic N) is 1. The Morgan fingerprint density at radius 1 is 1.07 bits per heavy atom. The number of aliphatic carboxylic acids is 1. The van der Waals surface area contributed by atoms with Gasteiger partial charge < -0.3 is 24.8 Å². The van der Waals surface area contributed by atoms with Gasteiger partial charge in [-0.2, -0.15) is 0 Å². The predicted octanol–water partition coefficient (Wildman–Crippen LogP) is 2.26. The van der Waals surface area contributed by atoms with Gasteiger partial charge in [0.05, 0.1) is 0 Å². The molecule has 1 atom stereocenters. The van der Waals surface area contributed by atoms with Gasteiger partial charge in [0, 0.05) is 12.1 Å². The Labute approximate surface area is 172 Å². The third-order valence-corrected chi connectivity index (χ3v) is 5.02. The van der Waals surface area contributed by atoms with Crippen molar-refractivity contribution in [3.8, 4) is 11.5 Å². The zero-order valence-corrected chi connectivity index (χ0v) is 16.0. The van der Waals surface area contributed by atoms with Crippen molar-refractivity contribution in [3.05, 3.63) is 65.4 Å². The number of carboxylic acids is 1. The number of ether oxygens (including phenoxy) is 2. The van der Waals surface area contributed by atoms with Crippen LogP contribution in [0.25, 0.3) is 6.08 Å². The molecule has 2 N–H and O–H groups in total. The molecule has 2 heterocycles. The molecule has 0 radical (unpaired) electrons. The van der Waals surface area contributed by atoms with Crippen LogP contribution < -0.4 is 14.8 Å². The third-order valence-electron chi connectivity index (χ3n) is 5.02. The number of rotatable bonds is 5. The van der Waals surface area contributed by atoms with Crippen molar-refractivity contribution in [1.29, 1.82) is 0 Å². The van der Waals surface area contributed by atoms with Crippen LogP contribution in [-0.2, 0) is 9.59 Å². The maximum absolute atomic E-state index is 13.2. The van der Waals surface area contributed by atoms with E-state index in [-0.39, 0.29) is 12.5 Å². The molecule has 154 valence electrons. The highest BCUT2D eigenvalue weighted by atomic mass is 16.7. The van der Waals surface area contributed by atoms with E-state index in [1.807, 2.05) is 0 Å². The largest absolute Gasteiger partial charge is 0.480 e. The van der Waals surface area contributed by atoms with Crippen LogP contribution >= 0.6 is 0 Å². The molecule has 0 aliphatic carbocycles. The molecular formula is C22H20N2O6. The molecule has 1 saturated heterocycles. The van der Waals surface area contributed by atoms with Crippen molar-refractivity contribution >= 4 is 23.9 Å². The molecule has 30 heavy (non-hydrogen) atoms.